The van der Waals surface area contributed by atoms with Crippen LogP contribution in [-0.2, 0) is 0 Å². The Hall–Kier alpha value is -2.14. The van der Waals surface area contributed by atoms with Crippen molar-refractivity contribution < 1.29 is 9.90 Å². The number of aryl methyl sites for hydroxylation is 1. The number of nitrogens with zero attached hydrogens (tertiary/aromatic N) is 3. The Bertz CT molecular complexity index is 314. The molecule has 0 amide bonds. The van der Waals surface area contributed by atoms with Crippen LogP contribution >= 0.6 is 0 Å². The van der Waals surface area contributed by atoms with E-state index in [9.17, 15) is 4.79 Å². The molecule has 7 nitrogen and oxygen atoms in total. The van der Waals surface area contributed by atoms with Crippen molar-refractivity contribution in [2.75, 3.05) is 0 Å². The van der Waals surface area contributed by atoms with E-state index in [0.29, 0.717) is 5.69 Å². The second-order valence-corrected chi connectivity index (χ2v) is 1.96. The van der Waals surface area contributed by atoms with E-state index < -0.39 is 5.97 Å². The average molecular weight is 182 g/mol. The number of aromatic nitrogens is 2. The maximum absolute atomic E-state index is 10.2. The molecule has 13 heavy (non-hydrogen) atoms. The van der Waals surface area contributed by atoms with Crippen molar-refractivity contribution in [1.29, 1.82) is 11.1 Å². The molecular weight excluding hydrogens is 174 g/mol. The van der Waals surface area contributed by atoms with E-state index in [1.54, 1.807) is 6.92 Å². The van der Waals surface area contributed by atoms with Gasteiger partial charge in [-0.15, -0.1) is 0 Å². The Morgan fingerprint density at radius 2 is 2.00 bits per heavy atom. The van der Waals surface area contributed by atoms with Crippen molar-refractivity contribution in [3.8, 4) is 0 Å². The van der Waals surface area contributed by atoms with E-state index in [4.69, 9.17) is 16.2 Å². The molecule has 0 aromatic carbocycles. The SMILES string of the molecule is Cc1cnc(C(=O)O)cn1.N=[N+]=N. The fourth-order valence-corrected chi connectivity index (χ4v) is 0.503. The van der Waals surface area contributed by atoms with Crippen molar-refractivity contribution >= 4 is 5.97 Å². The lowest BCUT2D eigenvalue weighted by Gasteiger charge is -1.91. The van der Waals surface area contributed by atoms with Gasteiger partial charge in [0.2, 0.25) is 4.91 Å². The van der Waals surface area contributed by atoms with Crippen molar-refractivity contribution in [1.82, 2.24) is 14.9 Å². The van der Waals surface area contributed by atoms with Crippen LogP contribution in [0.2, 0.25) is 0 Å². The van der Waals surface area contributed by atoms with Crippen molar-refractivity contribution in [3.63, 3.8) is 0 Å². The smallest absolute Gasteiger partial charge is 0.356 e. The van der Waals surface area contributed by atoms with Gasteiger partial charge in [0.25, 0.3) is 0 Å². The summed E-state index contributed by atoms with van der Waals surface area (Å²) >= 11 is 0. The van der Waals surface area contributed by atoms with Crippen LogP contribution in [0.3, 0.4) is 0 Å². The highest BCUT2D eigenvalue weighted by atomic mass is 16.4. The summed E-state index contributed by atoms with van der Waals surface area (Å²) in [7, 11) is 0. The molecule has 0 saturated heterocycles. The highest BCUT2D eigenvalue weighted by Gasteiger charge is 2.01. The number of carboxylic acid groups (broad SMARTS) is 1. The zero-order chi connectivity index (χ0) is 10.3. The molecule has 68 valence electrons. The van der Waals surface area contributed by atoms with E-state index >= 15 is 0 Å². The van der Waals surface area contributed by atoms with Gasteiger partial charge in [0.05, 0.1) is 11.9 Å². The number of aromatic carboxylic acids is 1. The minimum Gasteiger partial charge on any atom is -0.476 e. The predicted octanol–water partition coefficient (Wildman–Crippen LogP) is 0.599. The number of hydrogen-bond donors (Lipinski definition) is 3. The molecule has 3 N–H and O–H groups in total. The number of carbonyl (C=O) groups is 1. The summed E-state index contributed by atoms with van der Waals surface area (Å²) in [6.07, 6.45) is 2.65. The molecule has 7 heteroatoms. The van der Waals surface area contributed by atoms with Gasteiger partial charge in [0.15, 0.2) is 5.69 Å². The van der Waals surface area contributed by atoms with Crippen LogP contribution in [0.25, 0.3) is 0 Å². The van der Waals surface area contributed by atoms with Gasteiger partial charge in [0.1, 0.15) is 11.1 Å². The van der Waals surface area contributed by atoms with Crippen molar-refractivity contribution in [3.05, 3.63) is 23.8 Å². The Morgan fingerprint density at radius 3 is 2.31 bits per heavy atom. The molecule has 0 aliphatic heterocycles. The summed E-state index contributed by atoms with van der Waals surface area (Å²) in [6, 6.07) is 0. The van der Waals surface area contributed by atoms with E-state index in [1.165, 1.54) is 12.4 Å². The molecule has 0 saturated carbocycles. The van der Waals surface area contributed by atoms with Gasteiger partial charge in [0, 0.05) is 6.20 Å². The fourth-order valence-electron chi connectivity index (χ4n) is 0.503. The molecule has 1 aromatic rings. The molecule has 0 aliphatic rings. The third-order valence-electron chi connectivity index (χ3n) is 1.00. The molecule has 1 heterocycles. The highest BCUT2D eigenvalue weighted by Crippen LogP contribution is 1.92. The molecule has 0 bridgehead atoms. The molecule has 0 atom stereocenters. The Morgan fingerprint density at radius 1 is 1.46 bits per heavy atom. The van der Waals surface area contributed by atoms with Gasteiger partial charge < -0.3 is 5.11 Å². The van der Waals surface area contributed by atoms with Crippen LogP contribution in [0.15, 0.2) is 12.4 Å². The standard InChI is InChI=1S/C6H6N2O2.H2N3/c1-4-2-8-5(3-7-4)6(9)10;1-3-2/h2-3H,1H3,(H,9,10);1-2H/q;+1. The number of nitrogens with one attached hydrogen (secondary N) is 2. The zero-order valence-electron chi connectivity index (χ0n) is 6.85. The first-order chi connectivity index (χ1) is 6.11. The largest absolute Gasteiger partial charge is 0.476 e. The molecule has 0 unspecified atom stereocenters. The maximum Gasteiger partial charge on any atom is 0.356 e. The maximum atomic E-state index is 10.2. The first-order valence-electron chi connectivity index (χ1n) is 3.17. The van der Waals surface area contributed by atoms with E-state index in [0.717, 1.165) is 0 Å². The summed E-state index contributed by atoms with van der Waals surface area (Å²) in [5, 5.41) is 8.37. The third-order valence-corrected chi connectivity index (χ3v) is 1.00. The molecular formula is C6H8N5O2+. The molecule has 0 fully saturated rings. The van der Waals surface area contributed by atoms with Crippen LogP contribution in [0.1, 0.15) is 16.2 Å². The lowest BCUT2D eigenvalue weighted by molar-refractivity contribution is 0.0690. The van der Waals surface area contributed by atoms with Gasteiger partial charge in [-0.25, -0.2) is 9.78 Å². The minimum absolute atomic E-state index is 0.0226. The first kappa shape index (κ1) is 10.9. The van der Waals surface area contributed by atoms with Gasteiger partial charge in [-0.05, 0) is 6.92 Å². The summed E-state index contributed by atoms with van der Waals surface area (Å²) in [4.78, 5) is 19.6. The zero-order valence-corrected chi connectivity index (χ0v) is 6.85. The van der Waals surface area contributed by atoms with Crippen LogP contribution in [0.4, 0.5) is 0 Å². The lowest BCUT2D eigenvalue weighted by Crippen LogP contribution is -2.00. The molecule has 1 rings (SSSR count). The van der Waals surface area contributed by atoms with Gasteiger partial charge in [-0.2, -0.15) is 0 Å². The average Bonchev–Trinajstić information content (AvgIpc) is 2.06. The van der Waals surface area contributed by atoms with Crippen molar-refractivity contribution in [2.24, 2.45) is 0 Å². The van der Waals surface area contributed by atoms with Crippen LogP contribution in [-0.4, -0.2) is 21.0 Å². The first-order valence-corrected chi connectivity index (χ1v) is 3.17. The number of carboxylic acids is 1. The second kappa shape index (κ2) is 5.50. The molecule has 0 radical (unpaired) electrons. The molecule has 0 spiro atoms. The lowest BCUT2D eigenvalue weighted by atomic mass is 10.4. The van der Waals surface area contributed by atoms with Gasteiger partial charge >= 0.3 is 5.97 Å². The van der Waals surface area contributed by atoms with Crippen LogP contribution < -0.4 is 4.91 Å². The summed E-state index contributed by atoms with van der Waals surface area (Å²) in [6.45, 7) is 1.75. The Kier molecular flexibility index (Phi) is 4.60. The monoisotopic (exact) mass is 182 g/mol. The van der Waals surface area contributed by atoms with Crippen molar-refractivity contribution in [2.45, 2.75) is 6.92 Å². The number of rotatable bonds is 1. The normalized spacial score (nSPS) is 7.77. The van der Waals surface area contributed by atoms with E-state index in [1.807, 2.05) is 4.91 Å². The summed E-state index contributed by atoms with van der Waals surface area (Å²) in [5.41, 5.74) is 11.7. The second-order valence-electron chi connectivity index (χ2n) is 1.96. The summed E-state index contributed by atoms with van der Waals surface area (Å²) < 4.78 is 0. The van der Waals surface area contributed by atoms with E-state index in [2.05, 4.69) is 9.97 Å². The Labute approximate surface area is 73.5 Å². The predicted molar refractivity (Wildman–Crippen MR) is 41.3 cm³/mol. The van der Waals surface area contributed by atoms with Crippen LogP contribution in [0.5, 0.6) is 0 Å². The van der Waals surface area contributed by atoms with Crippen LogP contribution in [0, 0.1) is 18.0 Å². The fraction of sp³-hybridized carbons (Fsp3) is 0.167. The topological polar surface area (TPSA) is 125 Å². The minimum atomic E-state index is -1.05. The quantitative estimate of drug-likeness (QED) is 0.434. The molecule has 0 aliphatic carbocycles. The third kappa shape index (κ3) is 4.33. The number of hydrogen-bond acceptors (Lipinski definition) is 5. The summed E-state index contributed by atoms with van der Waals surface area (Å²) in [5.74, 6) is -1.05. The van der Waals surface area contributed by atoms with Gasteiger partial charge in [-0.3, -0.25) is 4.98 Å². The molecule has 1 aromatic heterocycles. The Balaban J connectivity index is 0.000000424. The highest BCUT2D eigenvalue weighted by molar-refractivity contribution is 5.84. The van der Waals surface area contributed by atoms with E-state index in [-0.39, 0.29) is 5.69 Å². The van der Waals surface area contributed by atoms with Gasteiger partial charge in [-0.1, -0.05) is 0 Å².